The first-order valence-electron chi connectivity index (χ1n) is 6.72. The summed E-state index contributed by atoms with van der Waals surface area (Å²) >= 11 is 0. The summed E-state index contributed by atoms with van der Waals surface area (Å²) in [6.45, 7) is 4.84. The fraction of sp³-hybridized carbons (Fsp3) is 0.571. The van der Waals surface area contributed by atoms with Gasteiger partial charge in [-0.25, -0.2) is 4.98 Å². The minimum Gasteiger partial charge on any atom is -0.370 e. The largest absolute Gasteiger partial charge is 0.370 e. The second kappa shape index (κ2) is 5.85. The minimum atomic E-state index is -0.0292. The Hall–Kier alpha value is -1.58. The summed E-state index contributed by atoms with van der Waals surface area (Å²) in [6, 6.07) is 3.86. The molecule has 1 saturated carbocycles. The van der Waals surface area contributed by atoms with E-state index >= 15 is 0 Å². The average molecular weight is 247 g/mol. The quantitative estimate of drug-likeness (QED) is 0.840. The molecule has 98 valence electrons. The van der Waals surface area contributed by atoms with Crippen LogP contribution in [0.1, 0.15) is 43.5 Å². The molecule has 2 N–H and O–H groups in total. The van der Waals surface area contributed by atoms with Crippen LogP contribution in [0.15, 0.2) is 18.3 Å². The van der Waals surface area contributed by atoms with Gasteiger partial charge in [-0.2, -0.15) is 0 Å². The maximum atomic E-state index is 12.2. The molecule has 0 saturated heterocycles. The van der Waals surface area contributed by atoms with Crippen LogP contribution < -0.4 is 10.6 Å². The summed E-state index contributed by atoms with van der Waals surface area (Å²) < 4.78 is 0. The van der Waals surface area contributed by atoms with Crippen LogP contribution in [0.5, 0.6) is 0 Å². The average Bonchev–Trinajstić information content (AvgIpc) is 2.27. The number of amides is 1. The Labute approximate surface area is 108 Å². The molecule has 0 bridgehead atoms. The zero-order valence-corrected chi connectivity index (χ0v) is 11.1. The number of pyridine rings is 1. The summed E-state index contributed by atoms with van der Waals surface area (Å²) in [5.41, 5.74) is 0.630. The number of nitrogens with one attached hydrogen (secondary N) is 2. The lowest BCUT2D eigenvalue weighted by Gasteiger charge is -2.32. The predicted molar refractivity (Wildman–Crippen MR) is 72.7 cm³/mol. The number of carbonyl (C=O) groups is 1. The van der Waals surface area contributed by atoms with Gasteiger partial charge >= 0.3 is 0 Å². The van der Waals surface area contributed by atoms with Crippen molar-refractivity contribution in [2.45, 2.75) is 39.2 Å². The molecule has 1 amide bonds. The van der Waals surface area contributed by atoms with Gasteiger partial charge in [-0.1, -0.05) is 6.42 Å². The summed E-state index contributed by atoms with van der Waals surface area (Å²) in [5.74, 6) is 1.28. The Balaban J connectivity index is 2.03. The topological polar surface area (TPSA) is 54.0 Å². The van der Waals surface area contributed by atoms with Crippen molar-refractivity contribution in [1.82, 2.24) is 10.3 Å². The lowest BCUT2D eigenvalue weighted by molar-refractivity contribution is 0.0910. The number of carbonyl (C=O) groups excluding carboxylic acids is 1. The fourth-order valence-electron chi connectivity index (χ4n) is 2.24. The Morgan fingerprint density at radius 2 is 2.33 bits per heavy atom. The van der Waals surface area contributed by atoms with Crippen molar-refractivity contribution >= 4 is 11.7 Å². The Morgan fingerprint density at radius 1 is 1.56 bits per heavy atom. The van der Waals surface area contributed by atoms with E-state index in [4.69, 9.17) is 0 Å². The molecule has 1 unspecified atom stereocenters. The normalized spacial score (nSPS) is 16.8. The van der Waals surface area contributed by atoms with Gasteiger partial charge in [0.25, 0.3) is 5.91 Å². The van der Waals surface area contributed by atoms with Gasteiger partial charge in [-0.05, 0) is 44.7 Å². The van der Waals surface area contributed by atoms with Crippen LogP contribution in [0.2, 0.25) is 0 Å². The van der Waals surface area contributed by atoms with E-state index in [9.17, 15) is 4.79 Å². The minimum absolute atomic E-state index is 0.0292. The molecule has 0 aliphatic heterocycles. The van der Waals surface area contributed by atoms with Crippen LogP contribution >= 0.6 is 0 Å². The number of hydrogen-bond acceptors (Lipinski definition) is 3. The first-order valence-corrected chi connectivity index (χ1v) is 6.72. The van der Waals surface area contributed by atoms with Gasteiger partial charge in [0.1, 0.15) is 5.82 Å². The molecular weight excluding hydrogens is 226 g/mol. The smallest absolute Gasteiger partial charge is 0.255 e. The second-order valence-corrected chi connectivity index (χ2v) is 4.88. The highest BCUT2D eigenvalue weighted by Crippen LogP contribution is 2.29. The van der Waals surface area contributed by atoms with Crippen LogP contribution in [-0.2, 0) is 0 Å². The van der Waals surface area contributed by atoms with Gasteiger partial charge in [0.05, 0.1) is 5.56 Å². The Kier molecular flexibility index (Phi) is 4.18. The van der Waals surface area contributed by atoms with E-state index in [1.54, 1.807) is 12.3 Å². The van der Waals surface area contributed by atoms with Crippen LogP contribution in [0.4, 0.5) is 5.82 Å². The molecule has 1 aliphatic rings. The Bertz CT molecular complexity index is 415. The van der Waals surface area contributed by atoms with Crippen LogP contribution in [-0.4, -0.2) is 23.5 Å². The molecular formula is C14H21N3O. The standard InChI is InChI=1S/C14H21N3O/c1-3-15-13-12(8-5-9-16-13)14(18)17-10(2)11-6-4-7-11/h5,8-11H,3-4,6-7H2,1-2H3,(H,15,16)(H,17,18). The van der Waals surface area contributed by atoms with Crippen molar-refractivity contribution in [3.8, 4) is 0 Å². The monoisotopic (exact) mass is 247 g/mol. The lowest BCUT2D eigenvalue weighted by atomic mass is 9.80. The SMILES string of the molecule is CCNc1ncccc1C(=O)NC(C)C1CCC1. The first-order chi connectivity index (χ1) is 8.72. The van der Waals surface area contributed by atoms with Gasteiger partial charge in [0, 0.05) is 18.8 Å². The maximum Gasteiger partial charge on any atom is 0.255 e. The molecule has 18 heavy (non-hydrogen) atoms. The highest BCUT2D eigenvalue weighted by atomic mass is 16.1. The summed E-state index contributed by atoms with van der Waals surface area (Å²) in [6.07, 6.45) is 5.45. The van der Waals surface area contributed by atoms with Crippen LogP contribution in [0, 0.1) is 5.92 Å². The molecule has 1 aromatic rings. The molecule has 1 fully saturated rings. The van der Waals surface area contributed by atoms with Crippen molar-refractivity contribution in [2.24, 2.45) is 5.92 Å². The third kappa shape index (κ3) is 2.81. The highest BCUT2D eigenvalue weighted by Gasteiger charge is 2.25. The zero-order chi connectivity index (χ0) is 13.0. The highest BCUT2D eigenvalue weighted by molar-refractivity contribution is 5.98. The molecule has 4 nitrogen and oxygen atoms in total. The van der Waals surface area contributed by atoms with Gasteiger partial charge < -0.3 is 10.6 Å². The molecule has 4 heteroatoms. The van der Waals surface area contributed by atoms with Gasteiger partial charge in [-0.3, -0.25) is 4.79 Å². The summed E-state index contributed by atoms with van der Waals surface area (Å²) in [7, 11) is 0. The van der Waals surface area contributed by atoms with E-state index in [0.717, 1.165) is 6.54 Å². The zero-order valence-electron chi connectivity index (χ0n) is 11.1. The molecule has 1 atom stereocenters. The van der Waals surface area contributed by atoms with Crippen molar-refractivity contribution in [2.75, 3.05) is 11.9 Å². The fourth-order valence-corrected chi connectivity index (χ4v) is 2.24. The van der Waals surface area contributed by atoms with Gasteiger partial charge in [-0.15, -0.1) is 0 Å². The summed E-state index contributed by atoms with van der Waals surface area (Å²) in [4.78, 5) is 16.4. The van der Waals surface area contributed by atoms with E-state index < -0.39 is 0 Å². The van der Waals surface area contributed by atoms with E-state index in [1.165, 1.54) is 19.3 Å². The van der Waals surface area contributed by atoms with Crippen LogP contribution in [0.3, 0.4) is 0 Å². The number of nitrogens with zero attached hydrogens (tertiary/aromatic N) is 1. The molecule has 1 aromatic heterocycles. The van der Waals surface area contributed by atoms with Crippen LogP contribution in [0.25, 0.3) is 0 Å². The van der Waals surface area contributed by atoms with Crippen molar-refractivity contribution in [1.29, 1.82) is 0 Å². The van der Waals surface area contributed by atoms with Crippen molar-refractivity contribution in [3.05, 3.63) is 23.9 Å². The van der Waals surface area contributed by atoms with Crippen molar-refractivity contribution in [3.63, 3.8) is 0 Å². The van der Waals surface area contributed by atoms with Gasteiger partial charge in [0.2, 0.25) is 0 Å². The van der Waals surface area contributed by atoms with E-state index in [1.807, 2.05) is 13.0 Å². The number of aromatic nitrogens is 1. The number of rotatable bonds is 5. The number of anilines is 1. The maximum absolute atomic E-state index is 12.2. The third-order valence-corrected chi connectivity index (χ3v) is 3.61. The lowest BCUT2D eigenvalue weighted by Crippen LogP contribution is -2.40. The molecule has 1 heterocycles. The molecule has 0 spiro atoms. The number of hydrogen-bond donors (Lipinski definition) is 2. The molecule has 1 aliphatic carbocycles. The predicted octanol–water partition coefficient (Wildman–Crippen LogP) is 2.43. The first kappa shape index (κ1) is 12.9. The molecule has 2 rings (SSSR count). The van der Waals surface area contributed by atoms with E-state index in [0.29, 0.717) is 17.3 Å². The second-order valence-electron chi connectivity index (χ2n) is 4.88. The van der Waals surface area contributed by atoms with E-state index in [2.05, 4.69) is 22.5 Å². The van der Waals surface area contributed by atoms with Gasteiger partial charge in [0.15, 0.2) is 0 Å². The Morgan fingerprint density at radius 3 is 2.94 bits per heavy atom. The van der Waals surface area contributed by atoms with E-state index in [-0.39, 0.29) is 11.9 Å². The molecule has 0 radical (unpaired) electrons. The summed E-state index contributed by atoms with van der Waals surface area (Å²) in [5, 5.41) is 6.19. The molecule has 0 aromatic carbocycles. The van der Waals surface area contributed by atoms with Crippen molar-refractivity contribution < 1.29 is 4.79 Å². The third-order valence-electron chi connectivity index (χ3n) is 3.61.